The van der Waals surface area contributed by atoms with E-state index in [2.05, 4.69) is 62.9 Å². The average Bonchev–Trinajstić information content (AvgIpc) is 3.23. The molecule has 3 atom stereocenters. The number of hydrogen-bond acceptors (Lipinski definition) is 7. The Morgan fingerprint density at radius 3 is 2.05 bits per heavy atom. The molecule has 1 fully saturated rings. The number of nitrogen functional groups attached to an aromatic ring is 1. The topological polar surface area (TPSA) is 154 Å². The molecule has 0 aromatic heterocycles. The molecule has 0 saturated carbocycles. The first-order valence-electron chi connectivity index (χ1n) is 12.5. The van der Waals surface area contributed by atoms with Gasteiger partial charge in [0.1, 0.15) is 11.4 Å². The summed E-state index contributed by atoms with van der Waals surface area (Å²) in [5.74, 6) is -1.76. The molecule has 0 aliphatic carbocycles. The standard InChI is InChI=1S/C24H32N2O.C4H6O6/c1-16-17(2)23-21(18(3)22(16)25)14-24(4,27-23)15-26-12-10-20(11-13-26)19-8-6-5-7-9-19;5-1(3(7)8)2(6)4(9)10/h5-9,20H,10-15,25H2,1-4H3;1-2,5-6H,(H,7,8)(H,9,10)/t24-;/m1./s1. The predicted octanol–water partition coefficient (Wildman–Crippen LogP) is 2.64. The summed E-state index contributed by atoms with van der Waals surface area (Å²) >= 11 is 0. The van der Waals surface area contributed by atoms with E-state index in [1.807, 2.05) is 0 Å². The highest BCUT2D eigenvalue weighted by atomic mass is 16.5. The quantitative estimate of drug-likeness (QED) is 0.366. The van der Waals surface area contributed by atoms with Crippen molar-refractivity contribution in [1.82, 2.24) is 4.90 Å². The van der Waals surface area contributed by atoms with Crippen molar-refractivity contribution in [2.24, 2.45) is 0 Å². The Morgan fingerprint density at radius 2 is 1.54 bits per heavy atom. The molecular formula is C28H38N2O7. The van der Waals surface area contributed by atoms with Crippen molar-refractivity contribution >= 4 is 17.6 Å². The molecule has 2 aliphatic heterocycles. The maximum atomic E-state index is 9.77. The molecule has 0 bridgehead atoms. The number of nitrogens with zero attached hydrogens (tertiary/aromatic N) is 1. The van der Waals surface area contributed by atoms with Gasteiger partial charge in [-0.05, 0) is 81.8 Å². The second-order valence-corrected chi connectivity index (χ2v) is 10.4. The van der Waals surface area contributed by atoms with Gasteiger partial charge < -0.3 is 30.9 Å². The van der Waals surface area contributed by atoms with E-state index in [9.17, 15) is 9.59 Å². The van der Waals surface area contributed by atoms with E-state index in [-0.39, 0.29) is 5.60 Å². The Morgan fingerprint density at radius 1 is 1.00 bits per heavy atom. The van der Waals surface area contributed by atoms with Gasteiger partial charge in [-0.15, -0.1) is 0 Å². The number of benzene rings is 2. The zero-order valence-corrected chi connectivity index (χ0v) is 21.9. The number of carbonyl (C=O) groups is 2. The summed E-state index contributed by atoms with van der Waals surface area (Å²) in [6, 6.07) is 11.0. The zero-order valence-electron chi connectivity index (χ0n) is 21.9. The number of carboxylic acids is 2. The highest BCUT2D eigenvalue weighted by Crippen LogP contribution is 2.44. The van der Waals surface area contributed by atoms with E-state index in [1.54, 1.807) is 0 Å². The van der Waals surface area contributed by atoms with Crippen LogP contribution >= 0.6 is 0 Å². The van der Waals surface area contributed by atoms with E-state index < -0.39 is 24.1 Å². The fourth-order valence-corrected chi connectivity index (χ4v) is 5.20. The van der Waals surface area contributed by atoms with Crippen molar-refractivity contribution in [3.05, 3.63) is 58.1 Å². The van der Waals surface area contributed by atoms with Crippen LogP contribution in [0.3, 0.4) is 0 Å². The molecule has 0 radical (unpaired) electrons. The average molecular weight is 515 g/mol. The van der Waals surface area contributed by atoms with E-state index >= 15 is 0 Å². The van der Waals surface area contributed by atoms with Crippen LogP contribution in [0.5, 0.6) is 5.75 Å². The van der Waals surface area contributed by atoms with Crippen molar-refractivity contribution in [1.29, 1.82) is 0 Å². The highest BCUT2D eigenvalue weighted by molar-refractivity contribution is 5.83. The molecule has 1 saturated heterocycles. The predicted molar refractivity (Wildman–Crippen MR) is 140 cm³/mol. The molecule has 6 N–H and O–H groups in total. The first-order valence-corrected chi connectivity index (χ1v) is 12.5. The molecule has 0 spiro atoms. The Balaban J connectivity index is 0.000000325. The smallest absolute Gasteiger partial charge is 0.335 e. The van der Waals surface area contributed by atoms with Gasteiger partial charge in [0, 0.05) is 24.2 Å². The van der Waals surface area contributed by atoms with E-state index in [0.29, 0.717) is 5.92 Å². The van der Waals surface area contributed by atoms with Crippen LogP contribution in [-0.2, 0) is 16.0 Å². The summed E-state index contributed by atoms with van der Waals surface area (Å²) < 4.78 is 6.56. The summed E-state index contributed by atoms with van der Waals surface area (Å²) in [6.07, 6.45) is -1.11. The fraction of sp³-hybridized carbons (Fsp3) is 0.500. The molecule has 202 valence electrons. The summed E-state index contributed by atoms with van der Waals surface area (Å²) in [5, 5.41) is 32.5. The second-order valence-electron chi connectivity index (χ2n) is 10.4. The first-order chi connectivity index (χ1) is 17.3. The number of piperidine rings is 1. The lowest BCUT2D eigenvalue weighted by atomic mass is 9.88. The van der Waals surface area contributed by atoms with Crippen molar-refractivity contribution in [2.75, 3.05) is 25.4 Å². The molecule has 0 amide bonds. The lowest BCUT2D eigenvalue weighted by Gasteiger charge is -2.37. The highest BCUT2D eigenvalue weighted by Gasteiger charge is 2.40. The van der Waals surface area contributed by atoms with Crippen LogP contribution in [0, 0.1) is 20.8 Å². The largest absolute Gasteiger partial charge is 0.485 e. The van der Waals surface area contributed by atoms with Crippen LogP contribution in [0.2, 0.25) is 0 Å². The third-order valence-electron chi connectivity index (χ3n) is 7.56. The molecule has 2 heterocycles. The lowest BCUT2D eigenvalue weighted by molar-refractivity contribution is -0.165. The van der Waals surface area contributed by atoms with Crippen molar-refractivity contribution in [2.45, 2.75) is 70.7 Å². The molecule has 37 heavy (non-hydrogen) atoms. The van der Waals surface area contributed by atoms with Gasteiger partial charge in [-0.25, -0.2) is 9.59 Å². The maximum Gasteiger partial charge on any atom is 0.335 e. The van der Waals surface area contributed by atoms with Gasteiger partial charge >= 0.3 is 11.9 Å². The SMILES string of the molecule is Cc1c(C)c2c(c(C)c1N)C[C@](C)(CN1CCC(c3ccccc3)CC1)O2.O=C(O)C(O)C(O)C(=O)O. The van der Waals surface area contributed by atoms with Crippen LogP contribution in [0.15, 0.2) is 30.3 Å². The van der Waals surface area contributed by atoms with Gasteiger partial charge in [0.25, 0.3) is 0 Å². The number of carboxylic acid groups (broad SMARTS) is 2. The van der Waals surface area contributed by atoms with Gasteiger partial charge in [0.2, 0.25) is 0 Å². The van der Waals surface area contributed by atoms with Gasteiger partial charge in [-0.2, -0.15) is 0 Å². The fourth-order valence-electron chi connectivity index (χ4n) is 5.20. The van der Waals surface area contributed by atoms with E-state index in [4.69, 9.17) is 30.9 Å². The number of aliphatic hydroxyl groups excluding tert-OH is 2. The molecule has 2 aromatic rings. The molecule has 2 aliphatic rings. The molecular weight excluding hydrogens is 476 g/mol. The van der Waals surface area contributed by atoms with E-state index in [0.717, 1.165) is 37.5 Å². The number of aliphatic hydroxyl groups is 2. The number of ether oxygens (including phenoxy) is 1. The number of anilines is 1. The second kappa shape index (κ2) is 11.5. The molecule has 9 heteroatoms. The summed E-state index contributed by atoms with van der Waals surface area (Å²) in [7, 11) is 0. The number of fused-ring (bicyclic) bond motifs is 1. The Labute approximate surface area is 217 Å². The Hall–Kier alpha value is -3.14. The minimum absolute atomic E-state index is 0.155. The Bertz CT molecular complexity index is 1070. The first kappa shape index (κ1) is 28.4. The van der Waals surface area contributed by atoms with Crippen molar-refractivity contribution < 1.29 is 34.8 Å². The summed E-state index contributed by atoms with van der Waals surface area (Å²) in [6.45, 7) is 11.9. The third-order valence-corrected chi connectivity index (χ3v) is 7.56. The minimum Gasteiger partial charge on any atom is -0.485 e. The number of rotatable bonds is 6. The summed E-state index contributed by atoms with van der Waals surface area (Å²) in [5.41, 5.74) is 13.5. The van der Waals surface area contributed by atoms with Gasteiger partial charge in [0.05, 0.1) is 0 Å². The maximum absolute atomic E-state index is 9.77. The number of hydrogen-bond donors (Lipinski definition) is 5. The summed E-state index contributed by atoms with van der Waals surface area (Å²) in [4.78, 5) is 22.1. The Kier molecular flexibility index (Phi) is 8.84. The third kappa shape index (κ3) is 6.41. The van der Waals surface area contributed by atoms with E-state index in [1.165, 1.54) is 40.7 Å². The number of likely N-dealkylation sites (tertiary alicyclic amines) is 1. The normalized spacial score (nSPS) is 21.2. The minimum atomic E-state index is -2.27. The molecule has 9 nitrogen and oxygen atoms in total. The van der Waals surface area contributed by atoms with Gasteiger partial charge in [0.15, 0.2) is 12.2 Å². The van der Waals surface area contributed by atoms with Gasteiger partial charge in [-0.3, -0.25) is 4.90 Å². The van der Waals surface area contributed by atoms with Crippen LogP contribution in [0.4, 0.5) is 5.69 Å². The van der Waals surface area contributed by atoms with Crippen LogP contribution in [0.25, 0.3) is 0 Å². The van der Waals surface area contributed by atoms with Crippen LogP contribution < -0.4 is 10.5 Å². The lowest BCUT2D eigenvalue weighted by Crippen LogP contribution is -2.47. The molecule has 2 unspecified atom stereocenters. The number of nitrogens with two attached hydrogens (primary N) is 1. The molecule has 4 rings (SSSR count). The van der Waals surface area contributed by atoms with Crippen LogP contribution in [-0.4, -0.2) is 74.7 Å². The number of aliphatic carboxylic acids is 2. The van der Waals surface area contributed by atoms with Crippen molar-refractivity contribution in [3.8, 4) is 5.75 Å². The monoisotopic (exact) mass is 514 g/mol. The van der Waals surface area contributed by atoms with Gasteiger partial charge in [-0.1, -0.05) is 30.3 Å². The molecule has 2 aromatic carbocycles. The van der Waals surface area contributed by atoms with Crippen LogP contribution in [0.1, 0.15) is 53.5 Å². The van der Waals surface area contributed by atoms with Crippen molar-refractivity contribution in [3.63, 3.8) is 0 Å². The zero-order chi connectivity index (χ0) is 27.5.